The number of thiophene rings is 1. The zero-order valence-electron chi connectivity index (χ0n) is 11.1. The van der Waals surface area contributed by atoms with E-state index in [1.54, 1.807) is 23.9 Å². The van der Waals surface area contributed by atoms with E-state index >= 15 is 0 Å². The molecule has 0 bridgehead atoms. The van der Waals surface area contributed by atoms with Gasteiger partial charge < -0.3 is 0 Å². The number of fused-ring (bicyclic) bond motifs is 1. The third-order valence-corrected chi connectivity index (χ3v) is 4.29. The molecule has 3 aromatic heterocycles. The number of benzene rings is 1. The monoisotopic (exact) mass is 289 g/mol. The molecule has 0 unspecified atom stereocenters. The van der Waals surface area contributed by atoms with Gasteiger partial charge in [-0.25, -0.2) is 15.0 Å². The first-order valence-electron chi connectivity index (χ1n) is 6.62. The number of nitrogens with zero attached hydrogens (tertiary/aromatic N) is 3. The first kappa shape index (κ1) is 12.2. The summed E-state index contributed by atoms with van der Waals surface area (Å²) in [5, 5.41) is 3.23. The highest BCUT2D eigenvalue weighted by molar-refractivity contribution is 7.14. The van der Waals surface area contributed by atoms with Crippen LogP contribution >= 0.6 is 11.3 Å². The van der Waals surface area contributed by atoms with Crippen molar-refractivity contribution in [2.75, 3.05) is 0 Å². The number of pyridine rings is 1. The van der Waals surface area contributed by atoms with E-state index in [-0.39, 0.29) is 0 Å². The van der Waals surface area contributed by atoms with Crippen LogP contribution in [0.25, 0.3) is 32.7 Å². The molecule has 0 aliphatic carbocycles. The molecule has 4 heteroatoms. The smallest absolute Gasteiger partial charge is 0.116 e. The van der Waals surface area contributed by atoms with Crippen LogP contribution in [-0.4, -0.2) is 15.0 Å². The molecule has 4 rings (SSSR count). The van der Waals surface area contributed by atoms with Crippen LogP contribution in [0.1, 0.15) is 0 Å². The number of rotatable bonds is 2. The van der Waals surface area contributed by atoms with Crippen molar-refractivity contribution in [2.45, 2.75) is 0 Å². The van der Waals surface area contributed by atoms with E-state index in [9.17, 15) is 0 Å². The van der Waals surface area contributed by atoms with Gasteiger partial charge in [-0.3, -0.25) is 0 Å². The molecule has 0 saturated heterocycles. The van der Waals surface area contributed by atoms with Crippen molar-refractivity contribution in [2.24, 2.45) is 0 Å². The van der Waals surface area contributed by atoms with E-state index in [4.69, 9.17) is 4.98 Å². The molecule has 0 atom stereocenters. The zero-order chi connectivity index (χ0) is 14.1. The fourth-order valence-electron chi connectivity index (χ4n) is 2.35. The predicted molar refractivity (Wildman–Crippen MR) is 86.1 cm³/mol. The lowest BCUT2D eigenvalue weighted by Crippen LogP contribution is -1.87. The Kier molecular flexibility index (Phi) is 2.94. The minimum atomic E-state index is 0.927. The average Bonchev–Trinajstić information content (AvgIpc) is 3.05. The highest BCUT2D eigenvalue weighted by atomic mass is 32.1. The maximum absolute atomic E-state index is 4.77. The lowest BCUT2D eigenvalue weighted by atomic mass is 10.1. The van der Waals surface area contributed by atoms with E-state index in [0.29, 0.717) is 0 Å². The molecule has 0 saturated carbocycles. The maximum atomic E-state index is 4.77. The Hall–Kier alpha value is -2.59. The van der Waals surface area contributed by atoms with E-state index in [0.717, 1.165) is 32.7 Å². The summed E-state index contributed by atoms with van der Waals surface area (Å²) in [5.74, 6) is 0. The van der Waals surface area contributed by atoms with Crippen molar-refractivity contribution >= 4 is 22.2 Å². The van der Waals surface area contributed by atoms with E-state index in [2.05, 4.69) is 39.6 Å². The van der Waals surface area contributed by atoms with Gasteiger partial charge in [-0.2, -0.15) is 0 Å². The lowest BCUT2D eigenvalue weighted by Gasteiger charge is -2.04. The molecule has 3 heterocycles. The van der Waals surface area contributed by atoms with Gasteiger partial charge in [0.1, 0.15) is 6.33 Å². The molecule has 100 valence electrons. The number of hydrogen-bond acceptors (Lipinski definition) is 4. The van der Waals surface area contributed by atoms with Crippen molar-refractivity contribution < 1.29 is 0 Å². The second-order valence-electron chi connectivity index (χ2n) is 4.65. The standard InChI is InChI=1S/C17H11N3S/c1-2-4-14-12(3-1)5-6-16(20-14)17-13(8-10-21-17)15-7-9-18-11-19-15/h1-11H. The summed E-state index contributed by atoms with van der Waals surface area (Å²) in [4.78, 5) is 14.2. The van der Waals surface area contributed by atoms with Gasteiger partial charge in [-0.15, -0.1) is 11.3 Å². The molecule has 0 aliphatic heterocycles. The largest absolute Gasteiger partial charge is 0.247 e. The third kappa shape index (κ3) is 2.19. The summed E-state index contributed by atoms with van der Waals surface area (Å²) in [5.41, 5.74) is 4.02. The van der Waals surface area contributed by atoms with Gasteiger partial charge in [-0.1, -0.05) is 24.3 Å². The highest BCUT2D eigenvalue weighted by Gasteiger charge is 2.11. The van der Waals surface area contributed by atoms with Crippen molar-refractivity contribution in [3.8, 4) is 21.8 Å². The van der Waals surface area contributed by atoms with Crippen LogP contribution < -0.4 is 0 Å². The van der Waals surface area contributed by atoms with E-state index in [1.165, 1.54) is 0 Å². The van der Waals surface area contributed by atoms with Crippen LogP contribution in [0.5, 0.6) is 0 Å². The first-order valence-corrected chi connectivity index (χ1v) is 7.50. The molecule has 0 fully saturated rings. The Balaban J connectivity index is 1.88. The molecular weight excluding hydrogens is 278 g/mol. The molecular formula is C17H11N3S. The molecule has 0 amide bonds. The molecule has 0 spiro atoms. The number of para-hydroxylation sites is 1. The minimum Gasteiger partial charge on any atom is -0.247 e. The van der Waals surface area contributed by atoms with E-state index in [1.807, 2.05) is 24.3 Å². The van der Waals surface area contributed by atoms with Crippen molar-refractivity contribution in [3.05, 3.63) is 66.4 Å². The predicted octanol–water partition coefficient (Wildman–Crippen LogP) is 4.42. The number of hydrogen-bond donors (Lipinski definition) is 0. The van der Waals surface area contributed by atoms with Crippen LogP contribution in [0.3, 0.4) is 0 Å². The van der Waals surface area contributed by atoms with E-state index < -0.39 is 0 Å². The Morgan fingerprint density at radius 2 is 1.81 bits per heavy atom. The molecule has 3 nitrogen and oxygen atoms in total. The van der Waals surface area contributed by atoms with Gasteiger partial charge in [0, 0.05) is 17.1 Å². The van der Waals surface area contributed by atoms with Crippen LogP contribution in [-0.2, 0) is 0 Å². The lowest BCUT2D eigenvalue weighted by molar-refractivity contribution is 1.17. The normalized spacial score (nSPS) is 10.9. The number of aromatic nitrogens is 3. The fraction of sp³-hybridized carbons (Fsp3) is 0. The molecule has 0 aliphatic rings. The van der Waals surface area contributed by atoms with Gasteiger partial charge in [0.05, 0.1) is 21.8 Å². The van der Waals surface area contributed by atoms with Crippen LogP contribution in [0, 0.1) is 0 Å². The molecule has 0 radical (unpaired) electrons. The minimum absolute atomic E-state index is 0.927. The Morgan fingerprint density at radius 1 is 0.857 bits per heavy atom. The van der Waals surface area contributed by atoms with Crippen LogP contribution in [0.15, 0.2) is 66.4 Å². The summed E-state index contributed by atoms with van der Waals surface area (Å²) < 4.78 is 0. The summed E-state index contributed by atoms with van der Waals surface area (Å²) in [6.45, 7) is 0. The second-order valence-corrected chi connectivity index (χ2v) is 5.56. The molecule has 21 heavy (non-hydrogen) atoms. The highest BCUT2D eigenvalue weighted by Crippen LogP contribution is 2.35. The zero-order valence-corrected chi connectivity index (χ0v) is 11.9. The Labute approximate surface area is 126 Å². The van der Waals surface area contributed by atoms with Gasteiger partial charge in [-0.05, 0) is 29.6 Å². The van der Waals surface area contributed by atoms with Gasteiger partial charge in [0.15, 0.2) is 0 Å². The first-order chi connectivity index (χ1) is 10.4. The maximum Gasteiger partial charge on any atom is 0.116 e. The quantitative estimate of drug-likeness (QED) is 0.548. The SMILES string of the molecule is c1ccc2nc(-c3sccc3-c3ccncn3)ccc2c1. The van der Waals surface area contributed by atoms with Gasteiger partial charge in [0.2, 0.25) is 0 Å². The molecule has 0 N–H and O–H groups in total. The topological polar surface area (TPSA) is 38.7 Å². The molecule has 4 aromatic rings. The summed E-state index contributed by atoms with van der Waals surface area (Å²) in [6, 6.07) is 16.3. The van der Waals surface area contributed by atoms with Gasteiger partial charge >= 0.3 is 0 Å². The van der Waals surface area contributed by atoms with Crippen LogP contribution in [0.4, 0.5) is 0 Å². The van der Waals surface area contributed by atoms with Crippen molar-refractivity contribution in [1.29, 1.82) is 0 Å². The Bertz CT molecular complexity index is 900. The summed E-state index contributed by atoms with van der Waals surface area (Å²) in [7, 11) is 0. The second kappa shape index (κ2) is 5.07. The third-order valence-electron chi connectivity index (χ3n) is 3.35. The average molecular weight is 289 g/mol. The van der Waals surface area contributed by atoms with Crippen molar-refractivity contribution in [3.63, 3.8) is 0 Å². The fourth-order valence-corrected chi connectivity index (χ4v) is 3.23. The molecule has 1 aromatic carbocycles. The summed E-state index contributed by atoms with van der Waals surface area (Å²) >= 11 is 1.68. The van der Waals surface area contributed by atoms with Crippen LogP contribution in [0.2, 0.25) is 0 Å². The van der Waals surface area contributed by atoms with Crippen molar-refractivity contribution in [1.82, 2.24) is 15.0 Å². The summed E-state index contributed by atoms with van der Waals surface area (Å²) in [6.07, 6.45) is 3.34. The Morgan fingerprint density at radius 3 is 2.71 bits per heavy atom. The van der Waals surface area contributed by atoms with Gasteiger partial charge in [0.25, 0.3) is 0 Å².